The number of nitrogens with one attached hydrogen (secondary N) is 2. The maximum Gasteiger partial charge on any atom is 0.220 e. The van der Waals surface area contributed by atoms with Crippen LogP contribution in [-0.2, 0) is 21.1 Å². The third-order valence-electron chi connectivity index (χ3n) is 4.72. The molecular weight excluding hydrogens is 379 g/mol. The minimum absolute atomic E-state index is 0.0524. The molecule has 2 aromatic carbocycles. The number of carbonyl (C=O) groups is 1. The van der Waals surface area contributed by atoms with Crippen molar-refractivity contribution in [2.75, 3.05) is 18.1 Å². The molecule has 5 nitrogen and oxygen atoms in total. The Morgan fingerprint density at radius 2 is 1.82 bits per heavy atom. The van der Waals surface area contributed by atoms with Gasteiger partial charge in [0.05, 0.1) is 5.75 Å². The lowest BCUT2D eigenvalue weighted by Gasteiger charge is -2.07. The van der Waals surface area contributed by atoms with Crippen LogP contribution in [0.3, 0.4) is 0 Å². The first-order valence-corrected chi connectivity index (χ1v) is 11.0. The van der Waals surface area contributed by atoms with E-state index in [2.05, 4.69) is 10.3 Å². The largest absolute Gasteiger partial charge is 0.355 e. The molecule has 2 N–H and O–H groups in total. The second-order valence-corrected chi connectivity index (χ2v) is 9.09. The summed E-state index contributed by atoms with van der Waals surface area (Å²) in [7, 11) is -3.10. The van der Waals surface area contributed by atoms with Crippen LogP contribution < -0.4 is 5.32 Å². The van der Waals surface area contributed by atoms with E-state index in [1.165, 1.54) is 12.1 Å². The summed E-state index contributed by atoms with van der Waals surface area (Å²) in [6.07, 6.45) is 0.727. The lowest BCUT2D eigenvalue weighted by atomic mass is 10.0. The van der Waals surface area contributed by atoms with Crippen molar-refractivity contribution in [2.24, 2.45) is 0 Å². The zero-order valence-electron chi connectivity index (χ0n) is 15.7. The van der Waals surface area contributed by atoms with Crippen LogP contribution in [0.25, 0.3) is 22.2 Å². The van der Waals surface area contributed by atoms with Gasteiger partial charge in [0.1, 0.15) is 5.82 Å². The number of aromatic amines is 1. The van der Waals surface area contributed by atoms with Crippen molar-refractivity contribution in [1.29, 1.82) is 0 Å². The maximum atomic E-state index is 13.3. The Morgan fingerprint density at radius 3 is 2.54 bits per heavy atom. The van der Waals surface area contributed by atoms with Gasteiger partial charge in [0, 0.05) is 35.3 Å². The molecule has 0 fully saturated rings. The van der Waals surface area contributed by atoms with E-state index in [0.717, 1.165) is 27.7 Å². The normalized spacial score (nSPS) is 11.6. The third-order valence-corrected chi connectivity index (χ3v) is 6.43. The van der Waals surface area contributed by atoms with Crippen LogP contribution in [0.1, 0.15) is 18.9 Å². The molecule has 0 saturated carbocycles. The fraction of sp³-hybridized carbons (Fsp3) is 0.286. The van der Waals surface area contributed by atoms with Crippen molar-refractivity contribution >= 4 is 26.6 Å². The van der Waals surface area contributed by atoms with Gasteiger partial charge in [-0.2, -0.15) is 0 Å². The molecule has 0 atom stereocenters. The van der Waals surface area contributed by atoms with Gasteiger partial charge in [0.15, 0.2) is 9.84 Å². The van der Waals surface area contributed by atoms with Gasteiger partial charge in [-0.1, -0.05) is 25.1 Å². The first kappa shape index (κ1) is 20.1. The number of hydrogen-bond donors (Lipinski definition) is 2. The van der Waals surface area contributed by atoms with Gasteiger partial charge in [0.2, 0.25) is 5.91 Å². The Kier molecular flexibility index (Phi) is 6.14. The number of aromatic nitrogens is 1. The Hall–Kier alpha value is -2.67. The average molecular weight is 402 g/mol. The van der Waals surface area contributed by atoms with Crippen molar-refractivity contribution in [2.45, 2.75) is 19.8 Å². The summed E-state index contributed by atoms with van der Waals surface area (Å²) in [5, 5.41) is 3.69. The van der Waals surface area contributed by atoms with E-state index in [-0.39, 0.29) is 36.2 Å². The summed E-state index contributed by atoms with van der Waals surface area (Å²) in [5.41, 5.74) is 3.65. The molecule has 148 valence electrons. The molecular formula is C21H23FN2O3S. The smallest absolute Gasteiger partial charge is 0.220 e. The minimum atomic E-state index is -3.10. The molecule has 0 saturated heterocycles. The predicted molar refractivity (Wildman–Crippen MR) is 109 cm³/mol. The third kappa shape index (κ3) is 4.78. The number of sulfone groups is 1. The van der Waals surface area contributed by atoms with Crippen LogP contribution in [0.15, 0.2) is 48.5 Å². The van der Waals surface area contributed by atoms with Gasteiger partial charge in [-0.3, -0.25) is 4.79 Å². The number of halogens is 1. The molecule has 7 heteroatoms. The summed E-state index contributed by atoms with van der Waals surface area (Å²) in [4.78, 5) is 15.5. The molecule has 3 rings (SSSR count). The van der Waals surface area contributed by atoms with E-state index in [1.54, 1.807) is 19.1 Å². The Bertz CT molecular complexity index is 1070. The molecule has 0 aliphatic heterocycles. The molecule has 0 bridgehead atoms. The van der Waals surface area contributed by atoms with Crippen molar-refractivity contribution in [3.63, 3.8) is 0 Å². The Morgan fingerprint density at radius 1 is 1.11 bits per heavy atom. The lowest BCUT2D eigenvalue weighted by molar-refractivity contribution is -0.120. The Labute approximate surface area is 163 Å². The molecule has 1 heterocycles. The second-order valence-electron chi connectivity index (χ2n) is 6.62. The number of rotatable bonds is 8. The highest BCUT2D eigenvalue weighted by Crippen LogP contribution is 2.31. The highest BCUT2D eigenvalue weighted by molar-refractivity contribution is 7.91. The fourth-order valence-electron chi connectivity index (χ4n) is 3.14. The average Bonchev–Trinajstić information content (AvgIpc) is 3.05. The number of benzene rings is 2. The summed E-state index contributed by atoms with van der Waals surface area (Å²) in [6.45, 7) is 1.71. The van der Waals surface area contributed by atoms with E-state index in [1.807, 2.05) is 24.3 Å². The highest BCUT2D eigenvalue weighted by Gasteiger charge is 2.15. The van der Waals surface area contributed by atoms with Crippen molar-refractivity contribution in [3.05, 3.63) is 59.9 Å². The van der Waals surface area contributed by atoms with E-state index in [4.69, 9.17) is 0 Å². The van der Waals surface area contributed by atoms with E-state index in [9.17, 15) is 17.6 Å². The van der Waals surface area contributed by atoms with Crippen LogP contribution in [0.5, 0.6) is 0 Å². The molecule has 0 radical (unpaired) electrons. The van der Waals surface area contributed by atoms with Gasteiger partial charge in [-0.15, -0.1) is 0 Å². The van der Waals surface area contributed by atoms with Crippen LogP contribution in [0, 0.1) is 5.82 Å². The predicted octanol–water partition coefficient (Wildman–Crippen LogP) is 3.46. The maximum absolute atomic E-state index is 13.3. The standard InChI is InChI=1S/C21H23FN2O3S/c1-2-28(26,27)14-13-23-20(25)12-11-18-17-5-3-4-6-19(17)24-21(18)15-7-9-16(22)10-8-15/h3-10,24H,2,11-14H2,1H3,(H,23,25). The van der Waals surface area contributed by atoms with Gasteiger partial charge in [-0.25, -0.2) is 12.8 Å². The summed E-state index contributed by atoms with van der Waals surface area (Å²) in [6, 6.07) is 14.0. The molecule has 1 amide bonds. The van der Waals surface area contributed by atoms with Crippen molar-refractivity contribution < 1.29 is 17.6 Å². The Balaban J connectivity index is 1.76. The number of H-pyrrole nitrogens is 1. The first-order valence-electron chi connectivity index (χ1n) is 9.22. The van der Waals surface area contributed by atoms with Crippen molar-refractivity contribution in [3.8, 4) is 11.3 Å². The molecule has 0 spiro atoms. The van der Waals surface area contributed by atoms with E-state index >= 15 is 0 Å². The number of fused-ring (bicyclic) bond motifs is 1. The summed E-state index contributed by atoms with van der Waals surface area (Å²) >= 11 is 0. The number of aryl methyl sites for hydroxylation is 1. The van der Waals surface area contributed by atoms with Gasteiger partial charge in [0.25, 0.3) is 0 Å². The monoisotopic (exact) mass is 402 g/mol. The molecule has 3 aromatic rings. The number of hydrogen-bond acceptors (Lipinski definition) is 3. The van der Waals surface area contributed by atoms with Gasteiger partial charge in [-0.05, 0) is 47.9 Å². The molecule has 28 heavy (non-hydrogen) atoms. The minimum Gasteiger partial charge on any atom is -0.355 e. The number of carbonyl (C=O) groups excluding carboxylic acids is 1. The quantitative estimate of drug-likeness (QED) is 0.606. The fourth-order valence-corrected chi connectivity index (χ4v) is 3.84. The molecule has 0 unspecified atom stereocenters. The SMILES string of the molecule is CCS(=O)(=O)CCNC(=O)CCc1c(-c2ccc(F)cc2)[nH]c2ccccc12. The van der Waals surface area contributed by atoms with Gasteiger partial charge < -0.3 is 10.3 Å². The van der Waals surface area contributed by atoms with Crippen LogP contribution in [0.2, 0.25) is 0 Å². The highest BCUT2D eigenvalue weighted by atomic mass is 32.2. The topological polar surface area (TPSA) is 79.0 Å². The van der Waals surface area contributed by atoms with Crippen molar-refractivity contribution in [1.82, 2.24) is 10.3 Å². The molecule has 1 aromatic heterocycles. The zero-order valence-corrected chi connectivity index (χ0v) is 16.5. The van der Waals surface area contributed by atoms with E-state index < -0.39 is 9.84 Å². The summed E-state index contributed by atoms with van der Waals surface area (Å²) < 4.78 is 36.3. The first-order chi connectivity index (χ1) is 13.4. The van der Waals surface area contributed by atoms with Gasteiger partial charge >= 0.3 is 0 Å². The second kappa shape index (κ2) is 8.56. The van der Waals surface area contributed by atoms with Crippen LogP contribution in [-0.4, -0.2) is 37.4 Å². The van der Waals surface area contributed by atoms with Crippen LogP contribution in [0.4, 0.5) is 4.39 Å². The molecule has 0 aliphatic carbocycles. The van der Waals surface area contributed by atoms with E-state index in [0.29, 0.717) is 6.42 Å². The zero-order chi connectivity index (χ0) is 20.1. The lowest BCUT2D eigenvalue weighted by Crippen LogP contribution is -2.29. The number of para-hydroxylation sites is 1. The summed E-state index contributed by atoms with van der Waals surface area (Å²) in [5.74, 6) is -0.480. The molecule has 0 aliphatic rings. The number of amides is 1. The van der Waals surface area contributed by atoms with Crippen LogP contribution >= 0.6 is 0 Å².